The molecule has 0 spiro atoms. The number of carbonyl (C=O) groups is 1. The lowest BCUT2D eigenvalue weighted by molar-refractivity contribution is -0.114. The Morgan fingerprint density at radius 3 is 2.57 bits per heavy atom. The second kappa shape index (κ2) is 15.6. The standard InChI is InChI=1S/C43H48F2N2O2/c1-4-9-31-24-32(23-30-11-7-19-43(44,45)20-18-30)26-36(25-31)34-15-14-33-12-8-21-46-41(39(33)27-34)42(48)38(5-2)35-16-17-40(47-28-35)49-37-13-6-10-29(3)22-37/h6,10,13-17,22,24-28,30,38H,4-5,7-9,11-12,18-21,23H2,1-3H3. The molecule has 0 amide bonds. The summed E-state index contributed by atoms with van der Waals surface area (Å²) in [5.74, 6) is -1.41. The first kappa shape index (κ1) is 34.7. The molecule has 6 rings (SSSR count). The van der Waals surface area contributed by atoms with Crippen molar-refractivity contribution in [3.8, 4) is 22.8 Å². The zero-order valence-electron chi connectivity index (χ0n) is 29.1. The van der Waals surface area contributed by atoms with E-state index in [1.165, 1.54) is 11.1 Å². The number of pyridine rings is 1. The number of nitrogens with zero attached hydrogens (tertiary/aromatic N) is 2. The van der Waals surface area contributed by atoms with E-state index in [1.807, 2.05) is 50.2 Å². The van der Waals surface area contributed by atoms with Crippen molar-refractivity contribution < 1.29 is 18.3 Å². The Kier molecular flexibility index (Phi) is 11.0. The largest absolute Gasteiger partial charge is 0.439 e. The van der Waals surface area contributed by atoms with Crippen LogP contribution in [0.2, 0.25) is 0 Å². The molecule has 2 atom stereocenters. The Hall–Kier alpha value is -4.19. The Morgan fingerprint density at radius 1 is 0.939 bits per heavy atom. The van der Waals surface area contributed by atoms with Gasteiger partial charge in [-0.25, -0.2) is 13.8 Å². The van der Waals surface area contributed by atoms with Crippen LogP contribution in [0.4, 0.5) is 8.78 Å². The molecule has 1 aromatic heterocycles. The first-order valence-corrected chi connectivity index (χ1v) is 18.1. The molecule has 2 aliphatic rings. The minimum Gasteiger partial charge on any atom is -0.439 e. The third kappa shape index (κ3) is 8.70. The van der Waals surface area contributed by atoms with E-state index in [9.17, 15) is 13.6 Å². The summed E-state index contributed by atoms with van der Waals surface area (Å²) < 4.78 is 34.2. The van der Waals surface area contributed by atoms with Gasteiger partial charge in [0, 0.05) is 37.2 Å². The summed E-state index contributed by atoms with van der Waals surface area (Å²) in [6, 6.07) is 24.9. The van der Waals surface area contributed by atoms with Crippen molar-refractivity contribution in [2.45, 2.75) is 103 Å². The summed E-state index contributed by atoms with van der Waals surface area (Å²) in [6.07, 6.45) is 8.93. The molecule has 0 N–H and O–H groups in total. The van der Waals surface area contributed by atoms with Crippen molar-refractivity contribution in [3.63, 3.8) is 0 Å². The van der Waals surface area contributed by atoms with Crippen LogP contribution >= 0.6 is 0 Å². The van der Waals surface area contributed by atoms with Gasteiger partial charge >= 0.3 is 0 Å². The van der Waals surface area contributed by atoms with Crippen LogP contribution in [0.3, 0.4) is 0 Å². The molecule has 0 radical (unpaired) electrons. The van der Waals surface area contributed by atoms with E-state index in [0.717, 1.165) is 77.7 Å². The van der Waals surface area contributed by atoms with Crippen LogP contribution < -0.4 is 4.74 Å². The van der Waals surface area contributed by atoms with Crippen molar-refractivity contribution in [1.29, 1.82) is 0 Å². The molecule has 2 unspecified atom stereocenters. The first-order valence-electron chi connectivity index (χ1n) is 18.1. The number of ether oxygens (including phenoxy) is 1. The van der Waals surface area contributed by atoms with E-state index < -0.39 is 5.92 Å². The summed E-state index contributed by atoms with van der Waals surface area (Å²) in [6.45, 7) is 6.84. The highest BCUT2D eigenvalue weighted by molar-refractivity contribution is 6.48. The fourth-order valence-corrected chi connectivity index (χ4v) is 7.50. The van der Waals surface area contributed by atoms with Crippen LogP contribution in [0.25, 0.3) is 11.1 Å². The van der Waals surface area contributed by atoms with Gasteiger partial charge in [-0.3, -0.25) is 9.79 Å². The highest BCUT2D eigenvalue weighted by Crippen LogP contribution is 2.37. The summed E-state index contributed by atoms with van der Waals surface area (Å²) in [4.78, 5) is 23.8. The molecule has 1 saturated carbocycles. The number of fused-ring (bicyclic) bond motifs is 1. The lowest BCUT2D eigenvalue weighted by Crippen LogP contribution is -2.24. The normalized spacial score (nSPS) is 18.1. The van der Waals surface area contributed by atoms with E-state index in [2.05, 4.69) is 48.3 Å². The SMILES string of the molecule is CCCc1cc(CC2CCCC(F)(F)CC2)cc(-c2ccc3c(c2)C(C(=O)C(CC)c2ccc(Oc4cccc(C)c4)nc2)=NCCC3)c1. The van der Waals surface area contributed by atoms with E-state index in [4.69, 9.17) is 9.73 Å². The molecule has 49 heavy (non-hydrogen) atoms. The van der Waals surface area contributed by atoms with Crippen molar-refractivity contribution >= 4 is 11.5 Å². The average molecular weight is 663 g/mol. The predicted molar refractivity (Wildman–Crippen MR) is 194 cm³/mol. The number of aryl methyl sites for hydroxylation is 3. The molecular formula is C43H48F2N2O2. The van der Waals surface area contributed by atoms with E-state index in [-0.39, 0.29) is 30.5 Å². The number of hydrogen-bond donors (Lipinski definition) is 0. The summed E-state index contributed by atoms with van der Waals surface area (Å²) >= 11 is 0. The van der Waals surface area contributed by atoms with Gasteiger partial charge in [0.2, 0.25) is 11.8 Å². The predicted octanol–water partition coefficient (Wildman–Crippen LogP) is 11.1. The summed E-state index contributed by atoms with van der Waals surface area (Å²) in [5, 5.41) is 0. The van der Waals surface area contributed by atoms with Gasteiger partial charge in [0.05, 0.1) is 5.92 Å². The maximum atomic E-state index is 14.4. The smallest absolute Gasteiger partial charge is 0.248 e. The number of aromatic nitrogens is 1. The summed E-state index contributed by atoms with van der Waals surface area (Å²) in [7, 11) is 0. The van der Waals surface area contributed by atoms with Gasteiger partial charge in [-0.2, -0.15) is 0 Å². The fourth-order valence-electron chi connectivity index (χ4n) is 7.50. The molecule has 0 saturated heterocycles. The zero-order chi connectivity index (χ0) is 34.4. The van der Waals surface area contributed by atoms with Gasteiger partial charge in [0.1, 0.15) is 11.5 Å². The Balaban J connectivity index is 1.27. The second-order valence-electron chi connectivity index (χ2n) is 14.0. The van der Waals surface area contributed by atoms with Crippen LogP contribution in [0.5, 0.6) is 11.6 Å². The molecule has 2 heterocycles. The fraction of sp³-hybridized carbons (Fsp3) is 0.419. The van der Waals surface area contributed by atoms with Gasteiger partial charge in [0.25, 0.3) is 0 Å². The lowest BCUT2D eigenvalue weighted by Gasteiger charge is -2.19. The maximum absolute atomic E-state index is 14.4. The molecule has 3 aromatic carbocycles. The van der Waals surface area contributed by atoms with Crippen molar-refractivity contribution in [2.75, 3.05) is 6.54 Å². The number of aliphatic imine (C=N–C) groups is 1. The maximum Gasteiger partial charge on any atom is 0.248 e. The Labute approximate surface area is 290 Å². The number of rotatable bonds is 11. The monoisotopic (exact) mass is 662 g/mol. The third-order valence-electron chi connectivity index (χ3n) is 10.1. The molecule has 4 nitrogen and oxygen atoms in total. The van der Waals surface area contributed by atoms with Gasteiger partial charge in [0.15, 0.2) is 5.78 Å². The quantitative estimate of drug-likeness (QED) is 0.150. The number of benzene rings is 3. The number of carbonyl (C=O) groups excluding carboxylic acids is 1. The Bertz CT molecular complexity index is 1800. The summed E-state index contributed by atoms with van der Waals surface area (Å²) in [5.41, 5.74) is 9.21. The highest BCUT2D eigenvalue weighted by atomic mass is 19.3. The molecule has 1 aliphatic heterocycles. The van der Waals surface area contributed by atoms with Crippen LogP contribution in [0.1, 0.15) is 105 Å². The van der Waals surface area contributed by atoms with Crippen LogP contribution in [0.15, 0.2) is 84.0 Å². The molecule has 6 heteroatoms. The van der Waals surface area contributed by atoms with Crippen molar-refractivity contribution in [2.24, 2.45) is 10.9 Å². The lowest BCUT2D eigenvalue weighted by atomic mass is 9.85. The van der Waals surface area contributed by atoms with Crippen LogP contribution in [0, 0.1) is 12.8 Å². The van der Waals surface area contributed by atoms with Crippen LogP contribution in [-0.4, -0.2) is 28.9 Å². The third-order valence-corrected chi connectivity index (χ3v) is 10.1. The molecular weight excluding hydrogens is 614 g/mol. The zero-order valence-corrected chi connectivity index (χ0v) is 29.1. The molecule has 256 valence electrons. The number of Topliss-reactive ketones (excluding diaryl/α,β-unsaturated/α-hetero) is 1. The van der Waals surface area contributed by atoms with Gasteiger partial charge in [-0.1, -0.05) is 68.8 Å². The van der Waals surface area contributed by atoms with Crippen molar-refractivity contribution in [3.05, 3.63) is 112 Å². The molecule has 0 bridgehead atoms. The van der Waals surface area contributed by atoms with Crippen molar-refractivity contribution in [1.82, 2.24) is 4.98 Å². The van der Waals surface area contributed by atoms with Gasteiger partial charge in [-0.05, 0) is 121 Å². The second-order valence-corrected chi connectivity index (χ2v) is 14.0. The Morgan fingerprint density at radius 2 is 1.80 bits per heavy atom. The minimum atomic E-state index is -2.53. The van der Waals surface area contributed by atoms with Crippen LogP contribution in [-0.2, 0) is 24.1 Å². The molecule has 4 aromatic rings. The number of alkyl halides is 2. The number of ketones is 1. The average Bonchev–Trinajstić information content (AvgIpc) is 3.40. The van der Waals surface area contributed by atoms with Gasteiger partial charge < -0.3 is 4.74 Å². The van der Waals surface area contributed by atoms with E-state index in [1.54, 1.807) is 6.20 Å². The first-order chi connectivity index (χ1) is 23.7. The van der Waals surface area contributed by atoms with E-state index >= 15 is 0 Å². The van der Waals surface area contributed by atoms with E-state index in [0.29, 0.717) is 37.4 Å². The minimum absolute atomic E-state index is 0.00544. The molecule has 1 aliphatic carbocycles. The molecule has 1 fully saturated rings. The van der Waals surface area contributed by atoms with Gasteiger partial charge in [-0.15, -0.1) is 0 Å². The number of halogens is 2. The highest BCUT2D eigenvalue weighted by Gasteiger charge is 2.32. The number of hydrogen-bond acceptors (Lipinski definition) is 4. The topological polar surface area (TPSA) is 51.5 Å².